The third kappa shape index (κ3) is 4.79. The zero-order chi connectivity index (χ0) is 17.8. The number of nitrogens with one attached hydrogen (secondary N) is 1. The van der Waals surface area contributed by atoms with Gasteiger partial charge in [-0.3, -0.25) is 4.90 Å². The van der Waals surface area contributed by atoms with Crippen LogP contribution in [0.5, 0.6) is 0 Å². The van der Waals surface area contributed by atoms with Crippen molar-refractivity contribution in [1.82, 2.24) is 9.80 Å². The zero-order valence-electron chi connectivity index (χ0n) is 13.5. The molecule has 1 fully saturated rings. The van der Waals surface area contributed by atoms with E-state index in [0.717, 1.165) is 30.2 Å². The van der Waals surface area contributed by atoms with Gasteiger partial charge in [0.25, 0.3) is 0 Å². The number of carbonyl (C=O) groups is 1. The molecule has 4 nitrogen and oxygen atoms in total. The lowest BCUT2D eigenvalue weighted by Crippen LogP contribution is -2.49. The average Bonchev–Trinajstić information content (AvgIpc) is 2.60. The molecule has 2 amide bonds. The second kappa shape index (κ2) is 8.28. The minimum absolute atomic E-state index is 0.151. The summed E-state index contributed by atoms with van der Waals surface area (Å²) in [6.07, 6.45) is 0. The number of rotatable bonds is 3. The summed E-state index contributed by atoms with van der Waals surface area (Å²) in [5.41, 5.74) is 1.67. The molecule has 1 heterocycles. The fraction of sp³-hybridized carbons (Fsp3) is 0.278. The topological polar surface area (TPSA) is 35.6 Å². The van der Waals surface area contributed by atoms with Crippen LogP contribution >= 0.6 is 34.8 Å². The minimum Gasteiger partial charge on any atom is -0.322 e. The molecule has 2 aromatic carbocycles. The predicted octanol–water partition coefficient (Wildman–Crippen LogP) is 5.00. The van der Waals surface area contributed by atoms with Gasteiger partial charge in [0.2, 0.25) is 0 Å². The number of hydrogen-bond donors (Lipinski definition) is 1. The predicted molar refractivity (Wildman–Crippen MR) is 104 cm³/mol. The maximum absolute atomic E-state index is 12.4. The van der Waals surface area contributed by atoms with Gasteiger partial charge >= 0.3 is 6.03 Å². The van der Waals surface area contributed by atoms with Crippen molar-refractivity contribution >= 4 is 46.5 Å². The minimum atomic E-state index is -0.151. The number of carbonyl (C=O) groups excluding carboxylic acids is 1. The smallest absolute Gasteiger partial charge is 0.321 e. The molecule has 132 valence electrons. The van der Waals surface area contributed by atoms with Crippen LogP contribution in [-0.2, 0) is 6.54 Å². The Balaban J connectivity index is 1.53. The number of anilines is 1. The Kier molecular flexibility index (Phi) is 6.07. The van der Waals surface area contributed by atoms with Crippen LogP contribution in [0.25, 0.3) is 0 Å². The van der Waals surface area contributed by atoms with E-state index >= 15 is 0 Å². The van der Waals surface area contributed by atoms with Crippen molar-refractivity contribution in [2.45, 2.75) is 6.54 Å². The molecule has 0 saturated carbocycles. The van der Waals surface area contributed by atoms with Crippen LogP contribution < -0.4 is 5.32 Å². The van der Waals surface area contributed by atoms with Gasteiger partial charge in [0.1, 0.15) is 0 Å². The summed E-state index contributed by atoms with van der Waals surface area (Å²) in [5.74, 6) is 0. The van der Waals surface area contributed by atoms with Crippen LogP contribution in [-0.4, -0.2) is 42.0 Å². The summed E-state index contributed by atoms with van der Waals surface area (Å²) < 4.78 is 0. The van der Waals surface area contributed by atoms with E-state index < -0.39 is 0 Å². The summed E-state index contributed by atoms with van der Waals surface area (Å²) in [5, 5.41) is 4.58. The van der Waals surface area contributed by atoms with Gasteiger partial charge in [0.15, 0.2) is 0 Å². The van der Waals surface area contributed by atoms with Crippen LogP contribution in [0.4, 0.5) is 10.5 Å². The van der Waals surface area contributed by atoms with Crippen LogP contribution in [0.15, 0.2) is 42.5 Å². The fourth-order valence-electron chi connectivity index (χ4n) is 2.76. The van der Waals surface area contributed by atoms with Crippen LogP contribution in [0.1, 0.15) is 5.56 Å². The van der Waals surface area contributed by atoms with E-state index in [1.165, 1.54) is 0 Å². The van der Waals surface area contributed by atoms with Gasteiger partial charge in [-0.1, -0.05) is 53.0 Å². The van der Waals surface area contributed by atoms with Crippen LogP contribution in [0, 0.1) is 0 Å². The van der Waals surface area contributed by atoms with E-state index in [1.54, 1.807) is 23.1 Å². The molecular weight excluding hydrogens is 381 g/mol. The number of hydrogen-bond acceptors (Lipinski definition) is 2. The summed E-state index contributed by atoms with van der Waals surface area (Å²) in [6, 6.07) is 12.7. The number of piperazine rings is 1. The molecule has 1 aliphatic rings. The lowest BCUT2D eigenvalue weighted by molar-refractivity contribution is 0.143. The van der Waals surface area contributed by atoms with Crippen LogP contribution in [0.2, 0.25) is 15.1 Å². The highest BCUT2D eigenvalue weighted by Gasteiger charge is 2.22. The number of benzene rings is 2. The van der Waals surface area contributed by atoms with E-state index in [0.29, 0.717) is 28.8 Å². The van der Waals surface area contributed by atoms with Gasteiger partial charge in [0.05, 0.1) is 10.7 Å². The zero-order valence-corrected chi connectivity index (χ0v) is 15.8. The molecule has 2 aromatic rings. The molecule has 0 aromatic heterocycles. The Labute approximate surface area is 162 Å². The number of nitrogens with zero attached hydrogens (tertiary/aromatic N) is 2. The molecule has 0 aliphatic carbocycles. The van der Waals surface area contributed by atoms with Crippen LogP contribution in [0.3, 0.4) is 0 Å². The second-order valence-electron chi connectivity index (χ2n) is 5.91. The highest BCUT2D eigenvalue weighted by atomic mass is 35.5. The maximum Gasteiger partial charge on any atom is 0.321 e. The first-order chi connectivity index (χ1) is 12.0. The van der Waals surface area contributed by atoms with Crippen molar-refractivity contribution in [3.8, 4) is 0 Å². The van der Waals surface area contributed by atoms with Gasteiger partial charge in [-0.05, 0) is 29.8 Å². The first-order valence-corrected chi connectivity index (χ1v) is 9.13. The molecule has 25 heavy (non-hydrogen) atoms. The average molecular weight is 399 g/mol. The molecule has 0 bridgehead atoms. The van der Waals surface area contributed by atoms with E-state index in [-0.39, 0.29) is 6.03 Å². The molecule has 0 atom stereocenters. The molecule has 0 unspecified atom stereocenters. The Morgan fingerprint density at radius 2 is 1.68 bits per heavy atom. The molecular formula is C18H18Cl3N3O. The van der Waals surface area contributed by atoms with Crippen molar-refractivity contribution in [3.63, 3.8) is 0 Å². The summed E-state index contributed by atoms with van der Waals surface area (Å²) in [7, 11) is 0. The number of amides is 2. The van der Waals surface area contributed by atoms with Gasteiger partial charge in [-0.2, -0.15) is 0 Å². The van der Waals surface area contributed by atoms with Crippen molar-refractivity contribution in [2.75, 3.05) is 31.5 Å². The Bertz CT molecular complexity index is 761. The van der Waals surface area contributed by atoms with E-state index in [4.69, 9.17) is 34.8 Å². The molecule has 1 N–H and O–H groups in total. The van der Waals surface area contributed by atoms with Crippen molar-refractivity contribution < 1.29 is 4.79 Å². The Morgan fingerprint density at radius 3 is 2.36 bits per heavy atom. The van der Waals surface area contributed by atoms with E-state index in [2.05, 4.69) is 10.2 Å². The molecule has 1 aliphatic heterocycles. The van der Waals surface area contributed by atoms with Crippen molar-refractivity contribution in [2.24, 2.45) is 0 Å². The number of halogens is 3. The monoisotopic (exact) mass is 397 g/mol. The van der Waals surface area contributed by atoms with Gasteiger partial charge in [0, 0.05) is 42.8 Å². The number of urea groups is 1. The maximum atomic E-state index is 12.4. The Hall–Kier alpha value is -1.46. The van der Waals surface area contributed by atoms with E-state index in [9.17, 15) is 4.79 Å². The molecule has 3 rings (SSSR count). The van der Waals surface area contributed by atoms with Gasteiger partial charge in [-0.25, -0.2) is 4.79 Å². The lowest BCUT2D eigenvalue weighted by Gasteiger charge is -2.34. The van der Waals surface area contributed by atoms with Gasteiger partial charge < -0.3 is 10.2 Å². The third-order valence-corrected chi connectivity index (χ3v) is 5.10. The molecule has 0 radical (unpaired) electrons. The summed E-state index contributed by atoms with van der Waals surface area (Å²) >= 11 is 18.2. The highest BCUT2D eigenvalue weighted by molar-refractivity contribution is 6.36. The van der Waals surface area contributed by atoms with Gasteiger partial charge in [-0.15, -0.1) is 0 Å². The SMILES string of the molecule is O=C(Nc1ccc(Cl)cc1Cl)N1CCN(Cc2ccccc2Cl)CC1. The lowest BCUT2D eigenvalue weighted by atomic mass is 10.2. The Morgan fingerprint density at radius 1 is 0.960 bits per heavy atom. The first-order valence-electron chi connectivity index (χ1n) is 7.99. The summed E-state index contributed by atoms with van der Waals surface area (Å²) in [4.78, 5) is 16.5. The normalized spacial score (nSPS) is 15.2. The fourth-order valence-corrected chi connectivity index (χ4v) is 3.41. The first kappa shape index (κ1) is 18.3. The second-order valence-corrected chi connectivity index (χ2v) is 7.16. The molecule has 0 spiro atoms. The standard InChI is InChI=1S/C18H18Cl3N3O/c19-14-5-6-17(16(21)11-14)22-18(25)24-9-7-23(8-10-24)12-13-3-1-2-4-15(13)20/h1-6,11H,7-10,12H2,(H,22,25). The highest BCUT2D eigenvalue weighted by Crippen LogP contribution is 2.26. The van der Waals surface area contributed by atoms with Crippen molar-refractivity contribution in [1.29, 1.82) is 0 Å². The third-order valence-electron chi connectivity index (χ3n) is 4.18. The quantitative estimate of drug-likeness (QED) is 0.790. The molecule has 1 saturated heterocycles. The summed E-state index contributed by atoms with van der Waals surface area (Å²) in [6.45, 7) is 3.70. The van der Waals surface area contributed by atoms with Crippen molar-refractivity contribution in [3.05, 3.63) is 63.1 Å². The van der Waals surface area contributed by atoms with E-state index in [1.807, 2.05) is 24.3 Å². The molecule has 7 heteroatoms. The largest absolute Gasteiger partial charge is 0.322 e.